The summed E-state index contributed by atoms with van der Waals surface area (Å²) in [7, 11) is 0. The lowest BCUT2D eigenvalue weighted by atomic mass is 10.1. The zero-order valence-electron chi connectivity index (χ0n) is 12.5. The molecule has 2 aromatic carbocycles. The number of halogens is 1. The minimum atomic E-state index is 0.758. The molecule has 22 heavy (non-hydrogen) atoms. The van der Waals surface area contributed by atoms with Crippen LogP contribution in [0.3, 0.4) is 0 Å². The normalized spacial score (nSPS) is 10.9. The zero-order chi connectivity index (χ0) is 15.5. The summed E-state index contributed by atoms with van der Waals surface area (Å²) in [5.74, 6) is 0.810. The maximum absolute atomic E-state index is 6.03. The fourth-order valence-electron chi connectivity index (χ4n) is 2.34. The molecule has 1 aromatic heterocycles. The Morgan fingerprint density at radius 1 is 1.14 bits per heavy atom. The van der Waals surface area contributed by atoms with Crippen molar-refractivity contribution in [1.82, 2.24) is 14.8 Å². The molecule has 5 heteroatoms. The van der Waals surface area contributed by atoms with E-state index in [4.69, 9.17) is 11.6 Å². The summed E-state index contributed by atoms with van der Waals surface area (Å²) >= 11 is 7.68. The minimum absolute atomic E-state index is 0.758. The zero-order valence-corrected chi connectivity index (χ0v) is 14.0. The van der Waals surface area contributed by atoms with Crippen LogP contribution in [0.25, 0.3) is 5.69 Å². The summed E-state index contributed by atoms with van der Waals surface area (Å²) in [6, 6.07) is 14.3. The molecule has 1 heterocycles. The largest absolute Gasteiger partial charge is 0.276 e. The molecule has 3 aromatic rings. The van der Waals surface area contributed by atoms with Crippen molar-refractivity contribution >= 4 is 23.4 Å². The summed E-state index contributed by atoms with van der Waals surface area (Å²) in [5, 5.41) is 9.93. The summed E-state index contributed by atoms with van der Waals surface area (Å²) in [5.41, 5.74) is 4.75. The van der Waals surface area contributed by atoms with Crippen LogP contribution in [0, 0.1) is 13.8 Å². The van der Waals surface area contributed by atoms with Crippen LogP contribution < -0.4 is 0 Å². The Balaban J connectivity index is 1.83. The van der Waals surface area contributed by atoms with Crippen molar-refractivity contribution in [3.05, 3.63) is 70.5 Å². The van der Waals surface area contributed by atoms with Crippen molar-refractivity contribution in [2.45, 2.75) is 24.8 Å². The number of aryl methyl sites for hydroxylation is 2. The van der Waals surface area contributed by atoms with Gasteiger partial charge in [0.25, 0.3) is 0 Å². The molecular formula is C17H16ClN3S. The molecule has 0 aliphatic rings. The van der Waals surface area contributed by atoms with E-state index in [1.54, 1.807) is 18.1 Å². The fourth-order valence-corrected chi connectivity index (χ4v) is 3.42. The molecule has 0 fully saturated rings. The molecule has 0 aliphatic carbocycles. The third-order valence-electron chi connectivity index (χ3n) is 3.39. The molecule has 0 unspecified atom stereocenters. The minimum Gasteiger partial charge on any atom is -0.276 e. The van der Waals surface area contributed by atoms with Gasteiger partial charge in [0.05, 0.1) is 5.69 Å². The highest BCUT2D eigenvalue weighted by molar-refractivity contribution is 7.98. The van der Waals surface area contributed by atoms with Crippen LogP contribution in [0.1, 0.15) is 16.7 Å². The molecule has 3 nitrogen and oxygen atoms in total. The monoisotopic (exact) mass is 329 g/mol. The van der Waals surface area contributed by atoms with Gasteiger partial charge in [-0.05, 0) is 43.2 Å². The Morgan fingerprint density at radius 2 is 2.00 bits per heavy atom. The number of rotatable bonds is 4. The smallest absolute Gasteiger partial charge is 0.195 e. The lowest BCUT2D eigenvalue weighted by Crippen LogP contribution is -1.98. The van der Waals surface area contributed by atoms with Gasteiger partial charge in [-0.25, -0.2) is 0 Å². The van der Waals surface area contributed by atoms with E-state index < -0.39 is 0 Å². The maximum atomic E-state index is 6.03. The fraction of sp³-hybridized carbons (Fsp3) is 0.176. The van der Waals surface area contributed by atoms with Crippen LogP contribution in [0.15, 0.2) is 53.9 Å². The number of hydrogen-bond donors (Lipinski definition) is 0. The molecule has 0 amide bonds. The van der Waals surface area contributed by atoms with Gasteiger partial charge in [0, 0.05) is 10.8 Å². The predicted octanol–water partition coefficient (Wildman–Crippen LogP) is 4.83. The highest BCUT2D eigenvalue weighted by Gasteiger charge is 2.09. The number of nitrogens with zero attached hydrogens (tertiary/aromatic N) is 3. The second-order valence-electron chi connectivity index (χ2n) is 5.19. The predicted molar refractivity (Wildman–Crippen MR) is 91.8 cm³/mol. The molecule has 0 radical (unpaired) electrons. The van der Waals surface area contributed by atoms with Crippen LogP contribution in [-0.4, -0.2) is 14.8 Å². The third-order valence-corrected chi connectivity index (χ3v) is 4.63. The van der Waals surface area contributed by atoms with E-state index in [-0.39, 0.29) is 0 Å². The quantitative estimate of drug-likeness (QED) is 0.642. The van der Waals surface area contributed by atoms with E-state index in [1.807, 2.05) is 22.8 Å². The van der Waals surface area contributed by atoms with Crippen LogP contribution >= 0.6 is 23.4 Å². The van der Waals surface area contributed by atoms with E-state index in [0.29, 0.717) is 0 Å². The Hall–Kier alpha value is -1.78. The van der Waals surface area contributed by atoms with Gasteiger partial charge in [-0.1, -0.05) is 53.2 Å². The average molecular weight is 330 g/mol. The molecule has 3 rings (SSSR count). The molecule has 112 valence electrons. The number of hydrogen-bond acceptors (Lipinski definition) is 3. The van der Waals surface area contributed by atoms with Crippen LogP contribution in [0.4, 0.5) is 0 Å². The van der Waals surface area contributed by atoms with Crippen molar-refractivity contribution in [3.8, 4) is 5.69 Å². The molecule has 0 aliphatic heterocycles. The first-order valence-electron chi connectivity index (χ1n) is 6.98. The molecule has 0 N–H and O–H groups in total. The van der Waals surface area contributed by atoms with Gasteiger partial charge in [0.1, 0.15) is 6.33 Å². The van der Waals surface area contributed by atoms with Crippen molar-refractivity contribution in [2.75, 3.05) is 0 Å². The summed E-state index contributed by atoms with van der Waals surface area (Å²) in [4.78, 5) is 0. The van der Waals surface area contributed by atoms with Crippen LogP contribution in [0.2, 0.25) is 5.02 Å². The summed E-state index contributed by atoms with van der Waals surface area (Å²) in [6.07, 6.45) is 1.76. The Bertz CT molecular complexity index is 798. The summed E-state index contributed by atoms with van der Waals surface area (Å²) in [6.45, 7) is 4.20. The van der Waals surface area contributed by atoms with Crippen molar-refractivity contribution in [1.29, 1.82) is 0 Å². The molecule has 0 bridgehead atoms. The second-order valence-corrected chi connectivity index (χ2v) is 6.57. The van der Waals surface area contributed by atoms with E-state index in [1.165, 1.54) is 16.7 Å². The topological polar surface area (TPSA) is 30.7 Å². The standard InChI is InChI=1S/C17H16ClN3S/c1-12-6-7-16(13(2)8-12)21-11-19-20-17(21)22-10-14-4-3-5-15(18)9-14/h3-9,11H,10H2,1-2H3. The van der Waals surface area contributed by atoms with Gasteiger partial charge >= 0.3 is 0 Å². The van der Waals surface area contributed by atoms with Gasteiger partial charge in [-0.3, -0.25) is 4.57 Å². The summed E-state index contributed by atoms with van der Waals surface area (Å²) < 4.78 is 2.03. The number of aromatic nitrogens is 3. The highest BCUT2D eigenvalue weighted by atomic mass is 35.5. The molecular weight excluding hydrogens is 314 g/mol. The lowest BCUT2D eigenvalue weighted by Gasteiger charge is -2.10. The van der Waals surface area contributed by atoms with Gasteiger partial charge in [0.2, 0.25) is 0 Å². The van der Waals surface area contributed by atoms with Crippen molar-refractivity contribution in [3.63, 3.8) is 0 Å². The van der Waals surface area contributed by atoms with Crippen molar-refractivity contribution < 1.29 is 0 Å². The Morgan fingerprint density at radius 3 is 2.77 bits per heavy atom. The van der Waals surface area contributed by atoms with E-state index in [0.717, 1.165) is 21.6 Å². The van der Waals surface area contributed by atoms with Gasteiger partial charge in [-0.15, -0.1) is 10.2 Å². The van der Waals surface area contributed by atoms with E-state index in [2.05, 4.69) is 48.3 Å². The maximum Gasteiger partial charge on any atom is 0.195 e. The lowest BCUT2D eigenvalue weighted by molar-refractivity contribution is 0.877. The number of thioether (sulfide) groups is 1. The van der Waals surface area contributed by atoms with Crippen LogP contribution in [0.5, 0.6) is 0 Å². The first kappa shape index (κ1) is 15.1. The Labute approximate surface area is 139 Å². The van der Waals surface area contributed by atoms with E-state index >= 15 is 0 Å². The van der Waals surface area contributed by atoms with Gasteiger partial charge in [-0.2, -0.15) is 0 Å². The van der Waals surface area contributed by atoms with Crippen LogP contribution in [-0.2, 0) is 5.75 Å². The second kappa shape index (κ2) is 6.55. The van der Waals surface area contributed by atoms with Gasteiger partial charge in [0.15, 0.2) is 5.16 Å². The molecule has 0 saturated carbocycles. The SMILES string of the molecule is Cc1ccc(-n2cnnc2SCc2cccc(Cl)c2)c(C)c1. The Kier molecular flexibility index (Phi) is 4.50. The molecule has 0 saturated heterocycles. The average Bonchev–Trinajstić information content (AvgIpc) is 2.93. The molecule has 0 atom stereocenters. The first-order valence-corrected chi connectivity index (χ1v) is 8.35. The first-order chi connectivity index (χ1) is 10.6. The van der Waals surface area contributed by atoms with E-state index in [9.17, 15) is 0 Å². The van der Waals surface area contributed by atoms with Crippen molar-refractivity contribution in [2.24, 2.45) is 0 Å². The highest BCUT2D eigenvalue weighted by Crippen LogP contribution is 2.26. The molecule has 0 spiro atoms. The van der Waals surface area contributed by atoms with Gasteiger partial charge < -0.3 is 0 Å². The third kappa shape index (κ3) is 3.34. The number of benzene rings is 2.